The van der Waals surface area contributed by atoms with Crippen LogP contribution in [0.4, 0.5) is 23.7 Å². The molecule has 1 atom stereocenters. The third-order valence-electron chi connectivity index (χ3n) is 3.66. The number of halogens is 3. The van der Waals surface area contributed by atoms with Gasteiger partial charge in [-0.25, -0.2) is 4.79 Å². The van der Waals surface area contributed by atoms with Crippen LogP contribution in [0.15, 0.2) is 48.5 Å². The van der Waals surface area contributed by atoms with Gasteiger partial charge in [-0.1, -0.05) is 24.3 Å². The number of carbonyl (C=O) groups excluding carboxylic acids is 1. The van der Waals surface area contributed by atoms with Gasteiger partial charge in [0.2, 0.25) is 0 Å². The fourth-order valence-electron chi connectivity index (χ4n) is 2.23. The molecule has 138 valence electrons. The van der Waals surface area contributed by atoms with Gasteiger partial charge in [0.1, 0.15) is 0 Å². The first-order valence-corrected chi connectivity index (χ1v) is 7.61. The Morgan fingerprint density at radius 2 is 1.85 bits per heavy atom. The monoisotopic (exact) mass is 367 g/mol. The lowest BCUT2D eigenvalue weighted by atomic mass is 10.1. The molecule has 2 N–H and O–H groups in total. The van der Waals surface area contributed by atoms with E-state index in [1.807, 2.05) is 0 Å². The molecule has 0 fully saturated rings. The molecule has 2 amide bonds. The largest absolute Gasteiger partial charge is 0.416 e. The van der Waals surface area contributed by atoms with Crippen molar-refractivity contribution in [1.82, 2.24) is 10.6 Å². The first kappa shape index (κ1) is 19.2. The third-order valence-corrected chi connectivity index (χ3v) is 3.66. The van der Waals surface area contributed by atoms with Gasteiger partial charge in [-0.15, -0.1) is 0 Å². The summed E-state index contributed by atoms with van der Waals surface area (Å²) in [4.78, 5) is 22.2. The smallest absolute Gasteiger partial charge is 0.334 e. The number of nitro benzene ring substituents is 1. The third kappa shape index (κ3) is 5.20. The highest BCUT2D eigenvalue weighted by atomic mass is 19.4. The molecule has 1 unspecified atom stereocenters. The molecule has 0 aliphatic rings. The maximum absolute atomic E-state index is 12.5. The first-order valence-electron chi connectivity index (χ1n) is 7.61. The second-order valence-electron chi connectivity index (χ2n) is 5.60. The minimum absolute atomic E-state index is 0.0472. The molecule has 0 saturated carbocycles. The van der Waals surface area contributed by atoms with Crippen molar-refractivity contribution in [3.05, 3.63) is 75.3 Å². The van der Waals surface area contributed by atoms with Gasteiger partial charge < -0.3 is 10.6 Å². The van der Waals surface area contributed by atoms with Crippen LogP contribution < -0.4 is 10.6 Å². The number of hydrogen-bond acceptors (Lipinski definition) is 3. The highest BCUT2D eigenvalue weighted by Gasteiger charge is 2.29. The molecule has 0 aliphatic heterocycles. The summed E-state index contributed by atoms with van der Waals surface area (Å²) in [6.07, 6.45) is -4.41. The van der Waals surface area contributed by atoms with Crippen LogP contribution in [0.3, 0.4) is 0 Å². The Morgan fingerprint density at radius 1 is 1.19 bits per heavy atom. The van der Waals surface area contributed by atoms with Crippen LogP contribution >= 0.6 is 0 Å². The molecular formula is C17H16F3N3O3. The van der Waals surface area contributed by atoms with Crippen molar-refractivity contribution in [1.29, 1.82) is 0 Å². The lowest BCUT2D eigenvalue weighted by molar-refractivity contribution is -0.384. The van der Waals surface area contributed by atoms with Gasteiger partial charge in [-0.05, 0) is 30.2 Å². The van der Waals surface area contributed by atoms with Gasteiger partial charge >= 0.3 is 12.2 Å². The van der Waals surface area contributed by atoms with Crippen LogP contribution in [0.1, 0.15) is 29.7 Å². The molecule has 0 heterocycles. The van der Waals surface area contributed by atoms with Crippen LogP contribution in [0.25, 0.3) is 0 Å². The predicted octanol–water partition coefficient (Wildman–Crippen LogP) is 4.17. The molecule has 0 saturated heterocycles. The second-order valence-corrected chi connectivity index (χ2v) is 5.60. The molecular weight excluding hydrogens is 351 g/mol. The topological polar surface area (TPSA) is 84.3 Å². The summed E-state index contributed by atoms with van der Waals surface area (Å²) >= 11 is 0. The average Bonchev–Trinajstić information content (AvgIpc) is 2.59. The van der Waals surface area contributed by atoms with E-state index in [-0.39, 0.29) is 12.2 Å². The number of urea groups is 1. The van der Waals surface area contributed by atoms with Crippen molar-refractivity contribution < 1.29 is 22.9 Å². The molecule has 2 rings (SSSR count). The summed E-state index contributed by atoms with van der Waals surface area (Å²) in [6.45, 7) is 1.71. The lowest BCUT2D eigenvalue weighted by Crippen LogP contribution is -2.36. The molecule has 2 aromatic carbocycles. The summed E-state index contributed by atoms with van der Waals surface area (Å²) in [5.74, 6) is 0. The fourth-order valence-corrected chi connectivity index (χ4v) is 2.23. The standard InChI is InChI=1S/C17H16F3N3O3/c1-11(13-3-2-4-15(9-13)23(25)26)22-16(24)21-10-12-5-7-14(8-6-12)17(18,19)20/h2-9,11H,10H2,1H3,(H2,21,22,24). The van der Waals surface area contributed by atoms with Crippen molar-refractivity contribution >= 4 is 11.7 Å². The van der Waals surface area contributed by atoms with E-state index in [0.717, 1.165) is 12.1 Å². The molecule has 0 radical (unpaired) electrons. The number of non-ortho nitro benzene ring substituents is 1. The predicted molar refractivity (Wildman–Crippen MR) is 88.3 cm³/mol. The molecule has 0 bridgehead atoms. The number of alkyl halides is 3. The van der Waals surface area contributed by atoms with Crippen LogP contribution in [0, 0.1) is 10.1 Å². The number of benzene rings is 2. The first-order chi connectivity index (χ1) is 12.2. The number of carbonyl (C=O) groups is 1. The zero-order chi connectivity index (χ0) is 19.3. The lowest BCUT2D eigenvalue weighted by Gasteiger charge is -2.15. The van der Waals surface area contributed by atoms with E-state index in [1.54, 1.807) is 13.0 Å². The number of hydrogen-bond donors (Lipinski definition) is 2. The average molecular weight is 367 g/mol. The number of amides is 2. The van der Waals surface area contributed by atoms with E-state index in [0.29, 0.717) is 11.1 Å². The van der Waals surface area contributed by atoms with E-state index in [4.69, 9.17) is 0 Å². The van der Waals surface area contributed by atoms with Gasteiger partial charge in [0.25, 0.3) is 5.69 Å². The Kier molecular flexibility index (Phi) is 5.81. The molecule has 0 spiro atoms. The van der Waals surface area contributed by atoms with Gasteiger partial charge in [0.05, 0.1) is 16.5 Å². The van der Waals surface area contributed by atoms with E-state index in [2.05, 4.69) is 10.6 Å². The Balaban J connectivity index is 1.90. The number of nitro groups is 1. The fraction of sp³-hybridized carbons (Fsp3) is 0.235. The zero-order valence-electron chi connectivity index (χ0n) is 13.7. The quantitative estimate of drug-likeness (QED) is 0.614. The number of nitrogens with one attached hydrogen (secondary N) is 2. The SMILES string of the molecule is CC(NC(=O)NCc1ccc(C(F)(F)F)cc1)c1cccc([N+](=O)[O-])c1. The number of rotatable bonds is 5. The maximum atomic E-state index is 12.5. The molecule has 0 aliphatic carbocycles. The van der Waals surface area contributed by atoms with Gasteiger partial charge in [-0.2, -0.15) is 13.2 Å². The Hall–Kier alpha value is -3.10. The van der Waals surface area contributed by atoms with Gasteiger partial charge in [0.15, 0.2) is 0 Å². The van der Waals surface area contributed by atoms with E-state index < -0.39 is 28.7 Å². The van der Waals surface area contributed by atoms with Crippen molar-refractivity contribution in [3.8, 4) is 0 Å². The van der Waals surface area contributed by atoms with E-state index >= 15 is 0 Å². The molecule has 6 nitrogen and oxygen atoms in total. The minimum Gasteiger partial charge on any atom is -0.334 e. The molecule has 2 aromatic rings. The molecule has 9 heteroatoms. The normalized spacial score (nSPS) is 12.3. The van der Waals surface area contributed by atoms with Gasteiger partial charge in [-0.3, -0.25) is 10.1 Å². The molecule has 26 heavy (non-hydrogen) atoms. The van der Waals surface area contributed by atoms with Gasteiger partial charge in [0, 0.05) is 18.7 Å². The Morgan fingerprint density at radius 3 is 2.42 bits per heavy atom. The Bertz CT molecular complexity index is 792. The van der Waals surface area contributed by atoms with Crippen molar-refractivity contribution in [2.75, 3.05) is 0 Å². The van der Waals surface area contributed by atoms with Crippen molar-refractivity contribution in [2.24, 2.45) is 0 Å². The zero-order valence-corrected chi connectivity index (χ0v) is 13.7. The van der Waals surface area contributed by atoms with Crippen LogP contribution in [-0.2, 0) is 12.7 Å². The van der Waals surface area contributed by atoms with E-state index in [9.17, 15) is 28.1 Å². The molecule has 0 aromatic heterocycles. The summed E-state index contributed by atoms with van der Waals surface area (Å²) in [6, 6.07) is 9.31. The summed E-state index contributed by atoms with van der Waals surface area (Å²) < 4.78 is 37.5. The van der Waals surface area contributed by atoms with Crippen LogP contribution in [0.2, 0.25) is 0 Å². The van der Waals surface area contributed by atoms with Crippen LogP contribution in [-0.4, -0.2) is 11.0 Å². The maximum Gasteiger partial charge on any atom is 0.416 e. The van der Waals surface area contributed by atoms with Crippen molar-refractivity contribution in [3.63, 3.8) is 0 Å². The van der Waals surface area contributed by atoms with Crippen molar-refractivity contribution in [2.45, 2.75) is 25.7 Å². The summed E-state index contributed by atoms with van der Waals surface area (Å²) in [5, 5.41) is 15.9. The highest BCUT2D eigenvalue weighted by molar-refractivity contribution is 5.74. The minimum atomic E-state index is -4.41. The summed E-state index contributed by atoms with van der Waals surface area (Å²) in [7, 11) is 0. The van der Waals surface area contributed by atoms with Crippen LogP contribution in [0.5, 0.6) is 0 Å². The Labute approximate surface area is 147 Å². The number of nitrogens with zero attached hydrogens (tertiary/aromatic N) is 1. The highest BCUT2D eigenvalue weighted by Crippen LogP contribution is 2.29. The second kappa shape index (κ2) is 7.85. The van der Waals surface area contributed by atoms with E-state index in [1.165, 1.54) is 30.3 Å². The summed E-state index contributed by atoms with van der Waals surface area (Å²) in [5.41, 5.74) is 0.228.